The summed E-state index contributed by atoms with van der Waals surface area (Å²) in [5, 5.41) is 3.96. The van der Waals surface area contributed by atoms with Crippen LogP contribution in [0.2, 0.25) is 5.02 Å². The van der Waals surface area contributed by atoms with Crippen LogP contribution in [0.15, 0.2) is 49.1 Å². The molecule has 0 radical (unpaired) electrons. The van der Waals surface area contributed by atoms with Crippen molar-refractivity contribution in [3.8, 4) is 0 Å². The lowest BCUT2D eigenvalue weighted by Crippen LogP contribution is -2.16. The Morgan fingerprint density at radius 1 is 1.14 bits per heavy atom. The van der Waals surface area contributed by atoms with E-state index in [1.807, 2.05) is 0 Å². The molecule has 0 bridgehead atoms. The van der Waals surface area contributed by atoms with Gasteiger partial charge in [-0.25, -0.2) is 15.0 Å². The number of pyridine rings is 1. The van der Waals surface area contributed by atoms with Gasteiger partial charge in [0.1, 0.15) is 5.82 Å². The molecule has 0 spiro atoms. The summed E-state index contributed by atoms with van der Waals surface area (Å²) in [4.78, 5) is 42.9. The van der Waals surface area contributed by atoms with Gasteiger partial charge in [0, 0.05) is 35.2 Å². The molecule has 3 heterocycles. The smallest absolute Gasteiger partial charge is 0.286 e. The summed E-state index contributed by atoms with van der Waals surface area (Å²) in [5.74, 6) is -0.661. The first kappa shape index (κ1) is 17.6. The van der Waals surface area contributed by atoms with Gasteiger partial charge in [-0.2, -0.15) is 0 Å². The van der Waals surface area contributed by atoms with Crippen molar-refractivity contribution in [1.29, 1.82) is 0 Å². The molecule has 1 amide bonds. The van der Waals surface area contributed by atoms with Crippen LogP contribution in [0.3, 0.4) is 0 Å². The fourth-order valence-electron chi connectivity index (χ4n) is 2.62. The first-order valence-electron chi connectivity index (χ1n) is 8.05. The lowest BCUT2D eigenvalue weighted by Gasteiger charge is -2.11. The number of aromatic amines is 1. The SMILES string of the molecule is NC(=O)c1nc(Nc2ccc(C(=O)c3ncc[nH]3)c(Cl)c2)c2ccncc2n1. The summed E-state index contributed by atoms with van der Waals surface area (Å²) >= 11 is 6.29. The van der Waals surface area contributed by atoms with Gasteiger partial charge < -0.3 is 16.0 Å². The Kier molecular flexibility index (Phi) is 4.42. The van der Waals surface area contributed by atoms with Crippen molar-refractivity contribution in [3.05, 3.63) is 71.3 Å². The quantitative estimate of drug-likeness (QED) is 0.442. The minimum atomic E-state index is -0.758. The number of nitrogens with zero attached hydrogens (tertiary/aromatic N) is 4. The highest BCUT2D eigenvalue weighted by Crippen LogP contribution is 2.27. The molecule has 10 heteroatoms. The average Bonchev–Trinajstić information content (AvgIpc) is 3.22. The molecule has 4 rings (SSSR count). The van der Waals surface area contributed by atoms with Crippen LogP contribution >= 0.6 is 11.6 Å². The lowest BCUT2D eigenvalue weighted by atomic mass is 10.1. The number of rotatable bonds is 5. The van der Waals surface area contributed by atoms with Gasteiger partial charge in [0.2, 0.25) is 11.6 Å². The topological polar surface area (TPSA) is 140 Å². The Morgan fingerprint density at radius 2 is 2.00 bits per heavy atom. The monoisotopic (exact) mass is 393 g/mol. The summed E-state index contributed by atoms with van der Waals surface area (Å²) in [5.41, 5.74) is 6.64. The van der Waals surface area contributed by atoms with Crippen molar-refractivity contribution in [2.24, 2.45) is 5.73 Å². The minimum absolute atomic E-state index is 0.140. The Bertz CT molecular complexity index is 1210. The van der Waals surface area contributed by atoms with Crippen LogP contribution in [-0.4, -0.2) is 36.6 Å². The van der Waals surface area contributed by atoms with E-state index in [-0.39, 0.29) is 22.5 Å². The zero-order chi connectivity index (χ0) is 19.7. The molecule has 0 saturated carbocycles. The number of fused-ring (bicyclic) bond motifs is 1. The van der Waals surface area contributed by atoms with E-state index in [4.69, 9.17) is 17.3 Å². The maximum atomic E-state index is 12.4. The van der Waals surface area contributed by atoms with Crippen molar-refractivity contribution in [1.82, 2.24) is 24.9 Å². The van der Waals surface area contributed by atoms with E-state index in [1.54, 1.807) is 36.7 Å². The van der Waals surface area contributed by atoms with E-state index in [2.05, 4.69) is 30.2 Å². The number of hydrogen-bond donors (Lipinski definition) is 3. The third-order valence-electron chi connectivity index (χ3n) is 3.91. The molecule has 28 heavy (non-hydrogen) atoms. The molecule has 3 aromatic heterocycles. The van der Waals surface area contributed by atoms with E-state index < -0.39 is 5.91 Å². The summed E-state index contributed by atoms with van der Waals surface area (Å²) in [7, 11) is 0. The number of H-pyrrole nitrogens is 1. The Hall–Kier alpha value is -3.85. The van der Waals surface area contributed by atoms with Crippen LogP contribution in [0.4, 0.5) is 11.5 Å². The van der Waals surface area contributed by atoms with Crippen molar-refractivity contribution in [2.45, 2.75) is 0 Å². The predicted molar refractivity (Wildman–Crippen MR) is 103 cm³/mol. The average molecular weight is 394 g/mol. The number of carbonyl (C=O) groups is 2. The standard InChI is InChI=1S/C18H12ClN7O2/c19-12-7-9(1-2-10(12)14(27)17-22-5-6-23-17)24-16-11-3-4-21-8-13(11)25-18(26-16)15(20)28/h1-8H,(H2,20,28)(H,22,23)(H,24,25,26). The number of nitrogens with one attached hydrogen (secondary N) is 2. The number of nitrogens with two attached hydrogens (primary N) is 1. The molecule has 4 aromatic rings. The third-order valence-corrected chi connectivity index (χ3v) is 4.22. The maximum Gasteiger partial charge on any atom is 0.286 e. The van der Waals surface area contributed by atoms with Gasteiger partial charge in [-0.3, -0.25) is 14.6 Å². The molecule has 0 fully saturated rings. The largest absolute Gasteiger partial charge is 0.363 e. The van der Waals surface area contributed by atoms with E-state index >= 15 is 0 Å². The van der Waals surface area contributed by atoms with E-state index in [1.165, 1.54) is 12.4 Å². The van der Waals surface area contributed by atoms with Gasteiger partial charge in [0.05, 0.1) is 16.7 Å². The van der Waals surface area contributed by atoms with Crippen molar-refractivity contribution < 1.29 is 9.59 Å². The van der Waals surface area contributed by atoms with Crippen LogP contribution in [-0.2, 0) is 0 Å². The molecule has 0 aliphatic carbocycles. The van der Waals surface area contributed by atoms with Gasteiger partial charge in [-0.15, -0.1) is 0 Å². The van der Waals surface area contributed by atoms with Gasteiger partial charge in [0.15, 0.2) is 5.82 Å². The second kappa shape index (κ2) is 7.05. The highest BCUT2D eigenvalue weighted by molar-refractivity contribution is 6.35. The number of primary amides is 1. The van der Waals surface area contributed by atoms with Gasteiger partial charge in [-0.1, -0.05) is 11.6 Å². The Balaban J connectivity index is 1.71. The summed E-state index contributed by atoms with van der Waals surface area (Å²) < 4.78 is 0. The Labute approximate surface area is 163 Å². The van der Waals surface area contributed by atoms with E-state index in [9.17, 15) is 9.59 Å². The van der Waals surface area contributed by atoms with Crippen molar-refractivity contribution >= 4 is 45.7 Å². The van der Waals surface area contributed by atoms with Crippen LogP contribution in [0.5, 0.6) is 0 Å². The normalized spacial score (nSPS) is 10.8. The van der Waals surface area contributed by atoms with Gasteiger partial charge in [-0.05, 0) is 24.3 Å². The third kappa shape index (κ3) is 3.26. The molecule has 0 aliphatic heterocycles. The zero-order valence-corrected chi connectivity index (χ0v) is 14.9. The second-order valence-electron chi connectivity index (χ2n) is 5.74. The number of ketones is 1. The fourth-order valence-corrected chi connectivity index (χ4v) is 2.88. The first-order valence-corrected chi connectivity index (χ1v) is 8.43. The molecular weight excluding hydrogens is 382 g/mol. The summed E-state index contributed by atoms with van der Waals surface area (Å²) in [6.07, 6.45) is 6.14. The molecule has 1 aromatic carbocycles. The summed E-state index contributed by atoms with van der Waals surface area (Å²) in [6, 6.07) is 6.53. The number of halogens is 1. The van der Waals surface area contributed by atoms with Crippen LogP contribution in [0.25, 0.3) is 10.9 Å². The number of aromatic nitrogens is 5. The van der Waals surface area contributed by atoms with Crippen molar-refractivity contribution in [2.75, 3.05) is 5.32 Å². The van der Waals surface area contributed by atoms with Gasteiger partial charge in [0.25, 0.3) is 5.91 Å². The molecule has 4 N–H and O–H groups in total. The predicted octanol–water partition coefficient (Wildman–Crippen LogP) is 2.47. The highest BCUT2D eigenvalue weighted by atomic mass is 35.5. The molecule has 0 aliphatic rings. The maximum absolute atomic E-state index is 12.4. The lowest BCUT2D eigenvalue weighted by molar-refractivity contribution is 0.0989. The molecular formula is C18H12ClN7O2. The minimum Gasteiger partial charge on any atom is -0.363 e. The fraction of sp³-hybridized carbons (Fsp3) is 0. The highest BCUT2D eigenvalue weighted by Gasteiger charge is 2.16. The number of imidazole rings is 1. The van der Waals surface area contributed by atoms with E-state index in [0.29, 0.717) is 28.0 Å². The molecule has 9 nitrogen and oxygen atoms in total. The van der Waals surface area contributed by atoms with Gasteiger partial charge >= 0.3 is 0 Å². The molecule has 0 unspecified atom stereocenters. The number of hydrogen-bond acceptors (Lipinski definition) is 7. The van der Waals surface area contributed by atoms with E-state index in [0.717, 1.165) is 0 Å². The van der Waals surface area contributed by atoms with Crippen LogP contribution in [0.1, 0.15) is 26.8 Å². The number of carbonyl (C=O) groups excluding carboxylic acids is 2. The number of amides is 1. The van der Waals surface area contributed by atoms with Crippen LogP contribution < -0.4 is 11.1 Å². The molecule has 0 saturated heterocycles. The summed E-state index contributed by atoms with van der Waals surface area (Å²) in [6.45, 7) is 0. The zero-order valence-electron chi connectivity index (χ0n) is 14.2. The second-order valence-corrected chi connectivity index (χ2v) is 6.15. The number of benzene rings is 1. The first-order chi connectivity index (χ1) is 13.5. The molecule has 138 valence electrons. The van der Waals surface area contributed by atoms with Crippen LogP contribution in [0, 0.1) is 0 Å². The number of anilines is 2. The molecule has 0 atom stereocenters. The Morgan fingerprint density at radius 3 is 2.71 bits per heavy atom. The van der Waals surface area contributed by atoms with Crippen molar-refractivity contribution in [3.63, 3.8) is 0 Å².